The van der Waals surface area contributed by atoms with Crippen molar-refractivity contribution >= 4 is 11.6 Å². The Labute approximate surface area is 112 Å². The van der Waals surface area contributed by atoms with Crippen LogP contribution in [0.1, 0.15) is 18.1 Å². The fourth-order valence-electron chi connectivity index (χ4n) is 2.46. The van der Waals surface area contributed by atoms with E-state index < -0.39 is 0 Å². The van der Waals surface area contributed by atoms with Gasteiger partial charge in [0, 0.05) is 22.6 Å². The monoisotopic (exact) mass is 258 g/mol. The highest BCUT2D eigenvalue weighted by Crippen LogP contribution is 2.40. The van der Waals surface area contributed by atoms with Crippen LogP contribution in [-0.2, 0) is 12.8 Å². The van der Waals surface area contributed by atoms with Gasteiger partial charge in [-0.1, -0.05) is 42.8 Å². The summed E-state index contributed by atoms with van der Waals surface area (Å²) in [7, 11) is 0. The summed E-state index contributed by atoms with van der Waals surface area (Å²) in [6.07, 6.45) is 2.03. The Morgan fingerprint density at radius 3 is 2.78 bits per heavy atom. The van der Waals surface area contributed by atoms with Crippen LogP contribution in [0.3, 0.4) is 0 Å². The average molecular weight is 259 g/mol. The van der Waals surface area contributed by atoms with E-state index in [-0.39, 0.29) is 0 Å². The smallest absolute Gasteiger partial charge is 0.130 e. The summed E-state index contributed by atoms with van der Waals surface area (Å²) >= 11 is 6.30. The minimum Gasteiger partial charge on any atom is -0.492 e. The molecule has 2 aromatic carbocycles. The van der Waals surface area contributed by atoms with E-state index in [2.05, 4.69) is 25.1 Å². The van der Waals surface area contributed by atoms with E-state index in [0.29, 0.717) is 0 Å². The third kappa shape index (κ3) is 1.89. The summed E-state index contributed by atoms with van der Waals surface area (Å²) in [5.41, 5.74) is 4.85. The molecule has 0 aliphatic carbocycles. The van der Waals surface area contributed by atoms with Gasteiger partial charge in [0.1, 0.15) is 5.75 Å². The van der Waals surface area contributed by atoms with Crippen LogP contribution in [0.2, 0.25) is 5.02 Å². The second-order valence-corrected chi connectivity index (χ2v) is 4.97. The van der Waals surface area contributed by atoms with Crippen LogP contribution in [0.25, 0.3) is 11.1 Å². The van der Waals surface area contributed by atoms with Crippen molar-refractivity contribution in [3.63, 3.8) is 0 Å². The molecule has 0 spiro atoms. The molecule has 0 bridgehead atoms. The van der Waals surface area contributed by atoms with Gasteiger partial charge in [-0.25, -0.2) is 0 Å². The van der Waals surface area contributed by atoms with E-state index in [1.807, 2.05) is 18.2 Å². The number of benzene rings is 2. The fourth-order valence-corrected chi connectivity index (χ4v) is 2.70. The Morgan fingerprint density at radius 1 is 1.17 bits per heavy atom. The third-order valence-corrected chi connectivity index (χ3v) is 3.75. The van der Waals surface area contributed by atoms with Gasteiger partial charge in [-0.05, 0) is 29.7 Å². The van der Waals surface area contributed by atoms with Crippen LogP contribution >= 0.6 is 11.6 Å². The number of halogens is 1. The molecule has 3 rings (SSSR count). The molecule has 0 aromatic heterocycles. The second kappa shape index (κ2) is 4.66. The first-order chi connectivity index (χ1) is 8.79. The highest BCUT2D eigenvalue weighted by molar-refractivity contribution is 6.33. The molecule has 1 aliphatic heterocycles. The maximum absolute atomic E-state index is 6.30. The first-order valence-corrected chi connectivity index (χ1v) is 6.71. The lowest BCUT2D eigenvalue weighted by atomic mass is 9.97. The summed E-state index contributed by atoms with van der Waals surface area (Å²) in [6.45, 7) is 2.95. The molecule has 0 amide bonds. The summed E-state index contributed by atoms with van der Waals surface area (Å²) in [5.74, 6) is 1.01. The van der Waals surface area contributed by atoms with E-state index in [1.165, 1.54) is 11.1 Å². The van der Waals surface area contributed by atoms with Crippen LogP contribution in [-0.4, -0.2) is 6.61 Å². The molecular formula is C16H15ClO. The minimum absolute atomic E-state index is 0.778. The summed E-state index contributed by atoms with van der Waals surface area (Å²) < 4.78 is 5.78. The van der Waals surface area contributed by atoms with Crippen LogP contribution in [0.15, 0.2) is 36.4 Å². The zero-order valence-corrected chi connectivity index (χ0v) is 11.1. The standard InChI is InChI=1S/C16H15ClO/c1-2-11-9-12-7-8-18-16(12)14(10-11)13-5-3-4-6-15(13)17/h3-6,9-10H,2,7-8H2,1H3. The zero-order chi connectivity index (χ0) is 12.5. The molecule has 0 saturated heterocycles. The molecule has 1 heterocycles. The highest BCUT2D eigenvalue weighted by atomic mass is 35.5. The van der Waals surface area contributed by atoms with Crippen LogP contribution < -0.4 is 4.74 Å². The van der Waals surface area contributed by atoms with Crippen molar-refractivity contribution in [1.29, 1.82) is 0 Å². The van der Waals surface area contributed by atoms with E-state index >= 15 is 0 Å². The molecule has 1 aliphatic rings. The SMILES string of the molecule is CCc1cc2c(c(-c3ccccc3Cl)c1)OCC2. The predicted molar refractivity (Wildman–Crippen MR) is 75.5 cm³/mol. The Bertz CT molecular complexity index is 590. The van der Waals surface area contributed by atoms with E-state index in [0.717, 1.165) is 41.3 Å². The maximum atomic E-state index is 6.30. The average Bonchev–Trinajstić information content (AvgIpc) is 2.86. The van der Waals surface area contributed by atoms with Crippen molar-refractivity contribution < 1.29 is 4.74 Å². The molecule has 2 aromatic rings. The lowest BCUT2D eigenvalue weighted by Gasteiger charge is -2.12. The van der Waals surface area contributed by atoms with Gasteiger partial charge < -0.3 is 4.74 Å². The number of fused-ring (bicyclic) bond motifs is 1. The van der Waals surface area contributed by atoms with Gasteiger partial charge in [-0.2, -0.15) is 0 Å². The van der Waals surface area contributed by atoms with Gasteiger partial charge in [-0.15, -0.1) is 0 Å². The lowest BCUT2D eigenvalue weighted by Crippen LogP contribution is -1.91. The summed E-state index contributed by atoms with van der Waals surface area (Å²) in [4.78, 5) is 0. The molecule has 92 valence electrons. The molecule has 0 N–H and O–H groups in total. The quantitative estimate of drug-likeness (QED) is 0.770. The van der Waals surface area contributed by atoms with Gasteiger partial charge in [0.15, 0.2) is 0 Å². The zero-order valence-electron chi connectivity index (χ0n) is 10.4. The van der Waals surface area contributed by atoms with Gasteiger partial charge in [0.05, 0.1) is 6.61 Å². The molecular weight excluding hydrogens is 244 g/mol. The Kier molecular flexibility index (Phi) is 3.00. The molecule has 18 heavy (non-hydrogen) atoms. The van der Waals surface area contributed by atoms with Crippen molar-refractivity contribution in [3.8, 4) is 16.9 Å². The fraction of sp³-hybridized carbons (Fsp3) is 0.250. The number of aryl methyl sites for hydroxylation is 1. The molecule has 0 fully saturated rings. The number of hydrogen-bond acceptors (Lipinski definition) is 1. The number of hydrogen-bond donors (Lipinski definition) is 0. The number of ether oxygens (including phenoxy) is 1. The topological polar surface area (TPSA) is 9.23 Å². The van der Waals surface area contributed by atoms with Crippen LogP contribution in [0.4, 0.5) is 0 Å². The molecule has 0 atom stereocenters. The van der Waals surface area contributed by atoms with Gasteiger partial charge >= 0.3 is 0 Å². The third-order valence-electron chi connectivity index (χ3n) is 3.42. The largest absolute Gasteiger partial charge is 0.492 e. The van der Waals surface area contributed by atoms with Crippen molar-refractivity contribution in [1.82, 2.24) is 0 Å². The van der Waals surface area contributed by atoms with Crippen LogP contribution in [0.5, 0.6) is 5.75 Å². The van der Waals surface area contributed by atoms with E-state index in [4.69, 9.17) is 16.3 Å². The summed E-state index contributed by atoms with van der Waals surface area (Å²) in [5, 5.41) is 0.781. The second-order valence-electron chi connectivity index (χ2n) is 4.56. The van der Waals surface area contributed by atoms with Crippen molar-refractivity contribution in [2.45, 2.75) is 19.8 Å². The first kappa shape index (κ1) is 11.6. The molecule has 0 unspecified atom stereocenters. The molecule has 0 radical (unpaired) electrons. The van der Waals surface area contributed by atoms with Crippen molar-refractivity contribution in [2.24, 2.45) is 0 Å². The number of rotatable bonds is 2. The summed E-state index contributed by atoms with van der Waals surface area (Å²) in [6, 6.07) is 12.4. The minimum atomic E-state index is 0.778. The molecule has 1 nitrogen and oxygen atoms in total. The Hall–Kier alpha value is -1.47. The van der Waals surface area contributed by atoms with Crippen LogP contribution in [0, 0.1) is 0 Å². The molecule has 2 heteroatoms. The van der Waals surface area contributed by atoms with Crippen molar-refractivity contribution in [3.05, 3.63) is 52.5 Å². The Balaban J connectivity index is 2.23. The molecule has 0 saturated carbocycles. The predicted octanol–water partition coefficient (Wildman–Crippen LogP) is 4.50. The maximum Gasteiger partial charge on any atom is 0.130 e. The Morgan fingerprint density at radius 2 is 2.00 bits per heavy atom. The van der Waals surface area contributed by atoms with E-state index in [1.54, 1.807) is 0 Å². The highest BCUT2D eigenvalue weighted by Gasteiger charge is 2.19. The normalized spacial score (nSPS) is 13.2. The van der Waals surface area contributed by atoms with Crippen molar-refractivity contribution in [2.75, 3.05) is 6.61 Å². The van der Waals surface area contributed by atoms with E-state index in [9.17, 15) is 0 Å². The lowest BCUT2D eigenvalue weighted by molar-refractivity contribution is 0.358. The first-order valence-electron chi connectivity index (χ1n) is 6.33. The van der Waals surface area contributed by atoms with Gasteiger partial charge in [0.25, 0.3) is 0 Å². The van der Waals surface area contributed by atoms with Gasteiger partial charge in [0.2, 0.25) is 0 Å². The van der Waals surface area contributed by atoms with Gasteiger partial charge in [-0.3, -0.25) is 0 Å².